The molecule has 102 valence electrons. The van der Waals surface area contributed by atoms with E-state index in [9.17, 15) is 14.0 Å². The lowest BCUT2D eigenvalue weighted by Gasteiger charge is -2.08. The summed E-state index contributed by atoms with van der Waals surface area (Å²) >= 11 is 5.93. The molecule has 0 spiro atoms. The molecule has 0 bridgehead atoms. The van der Waals surface area contributed by atoms with Crippen molar-refractivity contribution in [2.45, 2.75) is 6.92 Å². The SMILES string of the molecule is Cc1cc(-n2c(=O)cc(F)n3c(=O)[nH]nc23)ccc1Cl. The number of fused-ring (bicyclic) bond motifs is 1. The average molecular weight is 295 g/mol. The second kappa shape index (κ2) is 4.31. The number of aromatic amines is 1. The molecule has 1 N–H and O–H groups in total. The smallest absolute Gasteiger partial charge is 0.269 e. The van der Waals surface area contributed by atoms with Gasteiger partial charge in [0, 0.05) is 5.02 Å². The van der Waals surface area contributed by atoms with E-state index in [2.05, 4.69) is 10.2 Å². The summed E-state index contributed by atoms with van der Waals surface area (Å²) in [6.07, 6.45) is 0. The summed E-state index contributed by atoms with van der Waals surface area (Å²) in [5, 5.41) is 6.34. The van der Waals surface area contributed by atoms with Crippen LogP contribution >= 0.6 is 11.6 Å². The van der Waals surface area contributed by atoms with Gasteiger partial charge in [0.25, 0.3) is 5.56 Å². The molecule has 0 saturated carbocycles. The third kappa shape index (κ3) is 1.75. The summed E-state index contributed by atoms with van der Waals surface area (Å²) < 4.78 is 15.5. The highest BCUT2D eigenvalue weighted by molar-refractivity contribution is 6.31. The first-order chi connectivity index (χ1) is 9.49. The van der Waals surface area contributed by atoms with Crippen molar-refractivity contribution in [1.82, 2.24) is 19.2 Å². The first-order valence-electron chi connectivity index (χ1n) is 5.64. The molecule has 1 aromatic carbocycles. The Hall–Kier alpha value is -2.41. The second-order valence-corrected chi connectivity index (χ2v) is 4.65. The van der Waals surface area contributed by atoms with E-state index >= 15 is 0 Å². The van der Waals surface area contributed by atoms with E-state index in [1.54, 1.807) is 25.1 Å². The molecule has 0 aliphatic heterocycles. The highest BCUT2D eigenvalue weighted by atomic mass is 35.5. The summed E-state index contributed by atoms with van der Waals surface area (Å²) in [6.45, 7) is 1.77. The number of hydrogen-bond acceptors (Lipinski definition) is 3. The number of aromatic nitrogens is 4. The number of H-pyrrole nitrogens is 1. The van der Waals surface area contributed by atoms with Crippen LogP contribution in [-0.4, -0.2) is 19.2 Å². The van der Waals surface area contributed by atoms with E-state index in [-0.39, 0.29) is 5.78 Å². The molecule has 0 radical (unpaired) electrons. The average Bonchev–Trinajstić information content (AvgIpc) is 2.76. The molecule has 0 aliphatic rings. The van der Waals surface area contributed by atoms with Crippen LogP contribution in [0.5, 0.6) is 0 Å². The summed E-state index contributed by atoms with van der Waals surface area (Å²) in [4.78, 5) is 23.5. The quantitative estimate of drug-likeness (QED) is 0.687. The fourth-order valence-electron chi connectivity index (χ4n) is 1.97. The Balaban J connectivity index is 2.44. The van der Waals surface area contributed by atoms with Crippen LogP contribution in [0.3, 0.4) is 0 Å². The predicted molar refractivity (Wildman–Crippen MR) is 71.1 cm³/mol. The van der Waals surface area contributed by atoms with Gasteiger partial charge >= 0.3 is 5.69 Å². The van der Waals surface area contributed by atoms with Crippen LogP contribution < -0.4 is 11.2 Å². The Labute approximate surface area is 116 Å². The largest absolute Gasteiger partial charge is 0.351 e. The molecule has 0 aliphatic carbocycles. The van der Waals surface area contributed by atoms with Crippen LogP contribution in [0.25, 0.3) is 11.5 Å². The van der Waals surface area contributed by atoms with E-state index in [4.69, 9.17) is 11.6 Å². The normalized spacial score (nSPS) is 11.2. The van der Waals surface area contributed by atoms with Crippen molar-refractivity contribution in [2.24, 2.45) is 0 Å². The lowest BCUT2D eigenvalue weighted by molar-refractivity contribution is 0.552. The van der Waals surface area contributed by atoms with Crippen LogP contribution in [-0.2, 0) is 0 Å². The minimum Gasteiger partial charge on any atom is -0.269 e. The number of nitrogens with one attached hydrogen (secondary N) is 1. The first kappa shape index (κ1) is 12.6. The van der Waals surface area contributed by atoms with Crippen molar-refractivity contribution in [3.05, 3.63) is 61.6 Å². The molecule has 0 amide bonds. The predicted octanol–water partition coefficient (Wildman–Crippen LogP) is 1.27. The van der Waals surface area contributed by atoms with Crippen molar-refractivity contribution in [1.29, 1.82) is 0 Å². The molecule has 2 heterocycles. The molecule has 2 aromatic heterocycles. The Morgan fingerprint density at radius 1 is 1.30 bits per heavy atom. The lowest BCUT2D eigenvalue weighted by atomic mass is 10.2. The van der Waals surface area contributed by atoms with Gasteiger partial charge in [0.05, 0.1) is 11.8 Å². The maximum absolute atomic E-state index is 13.6. The Morgan fingerprint density at radius 3 is 2.75 bits per heavy atom. The zero-order chi connectivity index (χ0) is 14.4. The Bertz CT molecular complexity index is 941. The third-order valence-corrected chi connectivity index (χ3v) is 3.36. The molecular weight excluding hydrogens is 287 g/mol. The fraction of sp³-hybridized carbons (Fsp3) is 0.0833. The number of benzene rings is 1. The van der Waals surface area contributed by atoms with Gasteiger partial charge in [-0.25, -0.2) is 18.9 Å². The number of aryl methyl sites for hydroxylation is 1. The van der Waals surface area contributed by atoms with Gasteiger partial charge in [0.1, 0.15) is 0 Å². The molecule has 0 atom stereocenters. The molecule has 3 aromatic rings. The van der Waals surface area contributed by atoms with Gasteiger partial charge in [-0.1, -0.05) is 11.6 Å². The van der Waals surface area contributed by atoms with Gasteiger partial charge in [-0.2, -0.15) is 4.39 Å². The number of rotatable bonds is 1. The van der Waals surface area contributed by atoms with Crippen molar-refractivity contribution in [2.75, 3.05) is 0 Å². The Morgan fingerprint density at radius 2 is 2.05 bits per heavy atom. The molecular formula is C12H8ClFN4O2. The van der Waals surface area contributed by atoms with Gasteiger partial charge in [0.15, 0.2) is 0 Å². The van der Waals surface area contributed by atoms with E-state index in [0.29, 0.717) is 15.1 Å². The van der Waals surface area contributed by atoms with Gasteiger partial charge in [0.2, 0.25) is 11.7 Å². The first-order valence-corrected chi connectivity index (χ1v) is 6.02. The minimum absolute atomic E-state index is 0.123. The lowest BCUT2D eigenvalue weighted by Crippen LogP contribution is -2.25. The summed E-state index contributed by atoms with van der Waals surface area (Å²) in [7, 11) is 0. The highest BCUT2D eigenvalue weighted by Crippen LogP contribution is 2.18. The van der Waals surface area contributed by atoms with Crippen molar-refractivity contribution >= 4 is 17.4 Å². The van der Waals surface area contributed by atoms with Gasteiger partial charge in [-0.15, -0.1) is 5.10 Å². The van der Waals surface area contributed by atoms with E-state index in [0.717, 1.165) is 16.2 Å². The number of nitrogens with zero attached hydrogens (tertiary/aromatic N) is 3. The molecule has 8 heteroatoms. The van der Waals surface area contributed by atoms with Crippen LogP contribution in [0.1, 0.15) is 5.56 Å². The molecule has 0 fully saturated rings. The van der Waals surface area contributed by atoms with Gasteiger partial charge in [-0.05, 0) is 30.7 Å². The maximum atomic E-state index is 13.6. The monoisotopic (exact) mass is 294 g/mol. The molecule has 6 nitrogen and oxygen atoms in total. The van der Waals surface area contributed by atoms with Crippen LogP contribution in [0.15, 0.2) is 33.9 Å². The van der Waals surface area contributed by atoms with Gasteiger partial charge in [-0.3, -0.25) is 4.79 Å². The van der Waals surface area contributed by atoms with Crippen LogP contribution in [0, 0.1) is 12.9 Å². The topological polar surface area (TPSA) is 72.2 Å². The van der Waals surface area contributed by atoms with E-state index in [1.807, 2.05) is 0 Å². The van der Waals surface area contributed by atoms with Gasteiger partial charge < -0.3 is 0 Å². The number of hydrogen-bond donors (Lipinski definition) is 1. The summed E-state index contributed by atoms with van der Waals surface area (Å²) in [5.41, 5.74) is -0.190. The van der Waals surface area contributed by atoms with Crippen LogP contribution in [0.4, 0.5) is 4.39 Å². The third-order valence-electron chi connectivity index (χ3n) is 2.93. The molecule has 0 saturated heterocycles. The standard InChI is InChI=1S/C12H8ClFN4O2/c1-6-4-7(2-3-8(6)13)17-10(19)5-9(14)18-11(17)15-16-12(18)20/h2-5H,1H3,(H,16,20). The minimum atomic E-state index is -0.967. The fourth-order valence-corrected chi connectivity index (χ4v) is 2.09. The van der Waals surface area contributed by atoms with Crippen molar-refractivity contribution < 1.29 is 4.39 Å². The van der Waals surface area contributed by atoms with Crippen molar-refractivity contribution in [3.63, 3.8) is 0 Å². The summed E-state index contributed by atoms with van der Waals surface area (Å²) in [6, 6.07) is 5.59. The molecule has 0 unspecified atom stereocenters. The zero-order valence-electron chi connectivity index (χ0n) is 10.2. The maximum Gasteiger partial charge on any atom is 0.351 e. The van der Waals surface area contributed by atoms with Crippen molar-refractivity contribution in [3.8, 4) is 5.69 Å². The summed E-state index contributed by atoms with van der Waals surface area (Å²) in [5.74, 6) is -1.09. The van der Waals surface area contributed by atoms with Crippen LogP contribution in [0.2, 0.25) is 5.02 Å². The Kier molecular flexibility index (Phi) is 2.72. The highest BCUT2D eigenvalue weighted by Gasteiger charge is 2.14. The van der Waals surface area contributed by atoms with E-state index in [1.165, 1.54) is 0 Å². The zero-order valence-corrected chi connectivity index (χ0v) is 11.0. The van der Waals surface area contributed by atoms with E-state index < -0.39 is 17.2 Å². The second-order valence-electron chi connectivity index (χ2n) is 4.24. The molecule has 20 heavy (non-hydrogen) atoms. The molecule has 3 rings (SSSR count). The number of halogens is 2.